The molecule has 10 heteroatoms. The SMILES string of the molecule is CC1(C2CC[C@]3(NC[C@H](CF)N4CCS(=O)(=O)CC4)CC[C@]4(C)[C@H](CC[C@@H]5[C@@]6(C)CC[C@H](OC(=O)[C@H]7C[C@@H](C(=O)OCc8ccccc8)C7(C)C)C(C)(C)[C@@H]6CC[C@]54C)[C@@H]23)CC1. The van der Waals surface area contributed by atoms with Crippen molar-refractivity contribution in [1.29, 1.82) is 0 Å². The molecule has 9 rings (SSSR count). The highest BCUT2D eigenvalue weighted by molar-refractivity contribution is 7.91. The fraction of sp³-hybridized carbons (Fsp3) is 0.846. The normalized spacial score (nSPS) is 44.0. The van der Waals surface area contributed by atoms with Crippen LogP contribution in [0.3, 0.4) is 0 Å². The van der Waals surface area contributed by atoms with Gasteiger partial charge in [-0.15, -0.1) is 0 Å². The van der Waals surface area contributed by atoms with Crippen LogP contribution >= 0.6 is 0 Å². The molecule has 1 aliphatic heterocycles. The van der Waals surface area contributed by atoms with Gasteiger partial charge in [-0.25, -0.2) is 12.8 Å². The number of rotatable bonds is 11. The number of sulfone groups is 1. The number of nitrogens with one attached hydrogen (secondary N) is 1. The fourth-order valence-electron chi connectivity index (χ4n) is 16.9. The van der Waals surface area contributed by atoms with E-state index in [2.05, 4.69) is 51.8 Å². The van der Waals surface area contributed by atoms with Gasteiger partial charge in [-0.05, 0) is 146 Å². The maximum atomic E-state index is 14.8. The van der Waals surface area contributed by atoms with Crippen molar-refractivity contribution in [2.75, 3.05) is 37.8 Å². The molecule has 1 heterocycles. The van der Waals surface area contributed by atoms with Crippen LogP contribution in [0.15, 0.2) is 30.3 Å². The van der Waals surface area contributed by atoms with E-state index in [4.69, 9.17) is 9.47 Å². The van der Waals surface area contributed by atoms with Crippen LogP contribution in [-0.2, 0) is 35.5 Å². The van der Waals surface area contributed by atoms with Gasteiger partial charge in [-0.2, -0.15) is 0 Å². The lowest BCUT2D eigenvalue weighted by Gasteiger charge is -2.73. The smallest absolute Gasteiger partial charge is 0.309 e. The Hall–Kier alpha value is -2.04. The van der Waals surface area contributed by atoms with Gasteiger partial charge in [0.15, 0.2) is 9.84 Å². The Balaban J connectivity index is 0.887. The predicted octanol–water partition coefficient (Wildman–Crippen LogP) is 9.60. The van der Waals surface area contributed by atoms with Gasteiger partial charge in [0.25, 0.3) is 0 Å². The first-order valence-corrected chi connectivity index (χ1v) is 26.6. The van der Waals surface area contributed by atoms with Crippen molar-refractivity contribution < 1.29 is 31.9 Å². The van der Waals surface area contributed by atoms with Gasteiger partial charge >= 0.3 is 11.9 Å². The van der Waals surface area contributed by atoms with E-state index >= 15 is 0 Å². The Kier molecular flexibility index (Phi) is 11.3. The Bertz CT molecular complexity index is 1970. The first-order chi connectivity index (χ1) is 29.1. The molecule has 8 nitrogen and oxygen atoms in total. The third-order valence-corrected chi connectivity index (χ3v) is 23.0. The number of halogens is 1. The molecular formula is C52H79FN2O6S. The number of fused-ring (bicyclic) bond motifs is 7. The summed E-state index contributed by atoms with van der Waals surface area (Å²) in [6.45, 7) is 20.6. The van der Waals surface area contributed by atoms with Crippen molar-refractivity contribution in [3.8, 4) is 0 Å². The van der Waals surface area contributed by atoms with Crippen LogP contribution in [0.25, 0.3) is 0 Å². The average Bonchev–Trinajstić information content (AvgIpc) is 3.85. The largest absolute Gasteiger partial charge is 0.462 e. The highest BCUT2D eigenvalue weighted by Gasteiger charge is 2.72. The molecule has 8 aliphatic rings. The number of carbonyl (C=O) groups is 2. The zero-order valence-corrected chi connectivity index (χ0v) is 40.2. The van der Waals surface area contributed by atoms with E-state index < -0.39 is 21.9 Å². The molecule has 346 valence electrons. The van der Waals surface area contributed by atoms with Crippen molar-refractivity contribution in [1.82, 2.24) is 10.2 Å². The lowest BCUT2D eigenvalue weighted by molar-refractivity contribution is -0.250. The summed E-state index contributed by atoms with van der Waals surface area (Å²) < 4.78 is 51.6. The minimum atomic E-state index is -3.02. The van der Waals surface area contributed by atoms with Crippen LogP contribution < -0.4 is 5.32 Å². The molecule has 1 aromatic rings. The van der Waals surface area contributed by atoms with Crippen LogP contribution in [-0.4, -0.2) is 80.8 Å². The van der Waals surface area contributed by atoms with Crippen molar-refractivity contribution >= 4 is 21.8 Å². The molecule has 0 radical (unpaired) electrons. The second-order valence-corrected chi connectivity index (χ2v) is 26.9. The van der Waals surface area contributed by atoms with Crippen LogP contribution in [0, 0.1) is 73.9 Å². The maximum absolute atomic E-state index is 14.8. The van der Waals surface area contributed by atoms with Gasteiger partial charge in [-0.1, -0.05) is 85.7 Å². The van der Waals surface area contributed by atoms with Gasteiger partial charge in [0, 0.05) is 30.6 Å². The molecule has 13 atom stereocenters. The minimum Gasteiger partial charge on any atom is -0.462 e. The number of ether oxygens (including phenoxy) is 2. The number of hydrogen-bond acceptors (Lipinski definition) is 8. The number of hydrogen-bond donors (Lipinski definition) is 1. The predicted molar refractivity (Wildman–Crippen MR) is 241 cm³/mol. The highest BCUT2D eigenvalue weighted by atomic mass is 32.2. The molecule has 7 aliphatic carbocycles. The summed E-state index contributed by atoms with van der Waals surface area (Å²) in [5.74, 6) is 2.20. The number of esters is 2. The molecule has 0 bridgehead atoms. The van der Waals surface area contributed by atoms with Crippen LogP contribution in [0.5, 0.6) is 0 Å². The van der Waals surface area contributed by atoms with E-state index in [9.17, 15) is 22.4 Å². The fourth-order valence-corrected chi connectivity index (χ4v) is 18.1. The second kappa shape index (κ2) is 15.5. The summed E-state index contributed by atoms with van der Waals surface area (Å²) in [4.78, 5) is 29.3. The van der Waals surface area contributed by atoms with Gasteiger partial charge < -0.3 is 14.8 Å². The molecule has 1 unspecified atom stereocenters. The lowest BCUT2D eigenvalue weighted by atomic mass is 9.32. The molecule has 0 amide bonds. The highest BCUT2D eigenvalue weighted by Crippen LogP contribution is 2.78. The van der Waals surface area contributed by atoms with Crippen LogP contribution in [0.4, 0.5) is 4.39 Å². The van der Waals surface area contributed by atoms with E-state index in [-0.39, 0.29) is 81.2 Å². The van der Waals surface area contributed by atoms with Crippen LogP contribution in [0.1, 0.15) is 144 Å². The van der Waals surface area contributed by atoms with Crippen LogP contribution in [0.2, 0.25) is 0 Å². The average molecular weight is 879 g/mol. The molecule has 1 N–H and O–H groups in total. The topological polar surface area (TPSA) is 102 Å². The molecule has 1 saturated heterocycles. The Labute approximate surface area is 373 Å². The summed E-state index contributed by atoms with van der Waals surface area (Å²) in [5, 5.41) is 4.16. The van der Waals surface area contributed by atoms with Gasteiger partial charge in [0.2, 0.25) is 0 Å². The van der Waals surface area contributed by atoms with Gasteiger partial charge in [-0.3, -0.25) is 14.5 Å². The molecule has 1 aromatic carbocycles. The van der Waals surface area contributed by atoms with E-state index in [1.165, 1.54) is 51.4 Å². The molecule has 0 spiro atoms. The molecular weight excluding hydrogens is 800 g/mol. The summed E-state index contributed by atoms with van der Waals surface area (Å²) >= 11 is 0. The molecule has 7 saturated carbocycles. The summed E-state index contributed by atoms with van der Waals surface area (Å²) in [5.41, 5.74) is 1.25. The summed E-state index contributed by atoms with van der Waals surface area (Å²) in [6.07, 6.45) is 14.5. The first kappa shape index (κ1) is 45.1. The summed E-state index contributed by atoms with van der Waals surface area (Å²) in [6, 6.07) is 9.47. The number of nitrogens with zero attached hydrogens (tertiary/aromatic N) is 1. The number of carbonyl (C=O) groups excluding carboxylic acids is 2. The second-order valence-electron chi connectivity index (χ2n) is 24.6. The number of alkyl halides is 1. The lowest BCUT2D eigenvalue weighted by Crippen LogP contribution is -2.69. The monoisotopic (exact) mass is 879 g/mol. The third kappa shape index (κ3) is 7.08. The third-order valence-electron chi connectivity index (χ3n) is 21.4. The summed E-state index contributed by atoms with van der Waals surface area (Å²) in [7, 11) is -3.02. The van der Waals surface area contributed by atoms with Crippen molar-refractivity contribution in [2.45, 2.75) is 163 Å². The Morgan fingerprint density at radius 1 is 0.758 bits per heavy atom. The zero-order chi connectivity index (χ0) is 44.3. The van der Waals surface area contributed by atoms with Gasteiger partial charge in [0.05, 0.1) is 29.4 Å². The van der Waals surface area contributed by atoms with E-state index in [0.29, 0.717) is 61.1 Å². The van der Waals surface area contributed by atoms with Crippen molar-refractivity contribution in [3.63, 3.8) is 0 Å². The number of benzene rings is 1. The molecule has 0 aromatic heterocycles. The van der Waals surface area contributed by atoms with Gasteiger partial charge in [0.1, 0.15) is 19.4 Å². The van der Waals surface area contributed by atoms with E-state index in [1.807, 2.05) is 44.2 Å². The molecule has 62 heavy (non-hydrogen) atoms. The Morgan fingerprint density at radius 3 is 2.11 bits per heavy atom. The maximum Gasteiger partial charge on any atom is 0.309 e. The zero-order valence-electron chi connectivity index (χ0n) is 39.4. The van der Waals surface area contributed by atoms with Crippen molar-refractivity contribution in [3.05, 3.63) is 35.9 Å². The quantitative estimate of drug-likeness (QED) is 0.220. The standard InChI is InChI=1S/C52H79FN2O6S/c1-46(2)38(44(56)60-33-34-12-10-9-11-13-34)30-39(46)45(57)61-42-18-19-49(6)40(47(42,3)4)17-20-51(8)41(49)15-14-37-43-36(48(5)22-23-48)16-21-52(43,25-24-50(37,51)7)54-32-35(31-53)55-26-28-62(58,59)29-27-55/h9-13,35-43,54H,14-33H2,1-8H3/t35-,36?,37+,38-,39+,40-,41+,42-,43+,49-,50+,51+,52-/m0/s1. The molecule has 8 fully saturated rings. The minimum absolute atomic E-state index is 0.0153. The van der Waals surface area contributed by atoms with Crippen molar-refractivity contribution in [2.24, 2.45) is 73.9 Å². The Morgan fingerprint density at radius 2 is 1.45 bits per heavy atom. The van der Waals surface area contributed by atoms with E-state index in [0.717, 1.165) is 31.2 Å². The first-order valence-electron chi connectivity index (χ1n) is 24.8. The van der Waals surface area contributed by atoms with E-state index in [1.54, 1.807) is 0 Å².